The Labute approximate surface area is 507 Å². The summed E-state index contributed by atoms with van der Waals surface area (Å²) in [5, 5.41) is 0. The monoisotopic (exact) mass is 1140 g/mol. The molecule has 0 aliphatic carbocycles. The zero-order chi connectivity index (χ0) is 59.2. The lowest BCUT2D eigenvalue weighted by Gasteiger charge is -2.18. The van der Waals surface area contributed by atoms with Crippen LogP contribution in [0.5, 0.6) is 0 Å². The Morgan fingerprint density at radius 3 is 0.768 bits per heavy atom. The molecule has 0 heterocycles. The van der Waals surface area contributed by atoms with Gasteiger partial charge in [-0.1, -0.05) is 290 Å². The second-order valence-electron chi connectivity index (χ2n) is 22.7. The molecule has 6 heteroatoms. The van der Waals surface area contributed by atoms with Crippen molar-refractivity contribution in [3.8, 4) is 0 Å². The summed E-state index contributed by atoms with van der Waals surface area (Å²) in [6.45, 7) is 6.51. The van der Waals surface area contributed by atoms with Crippen molar-refractivity contribution in [1.29, 1.82) is 0 Å². The summed E-state index contributed by atoms with van der Waals surface area (Å²) in [6.07, 6.45) is 96.3. The van der Waals surface area contributed by atoms with Crippen molar-refractivity contribution in [2.45, 2.75) is 329 Å². The molecule has 0 rings (SSSR count). The van der Waals surface area contributed by atoms with Crippen LogP contribution in [0, 0.1) is 0 Å². The van der Waals surface area contributed by atoms with Crippen LogP contribution in [-0.2, 0) is 28.6 Å². The number of hydrogen-bond donors (Lipinski definition) is 0. The molecule has 468 valence electrons. The average molecular weight is 1140 g/mol. The van der Waals surface area contributed by atoms with Gasteiger partial charge in [0.1, 0.15) is 13.2 Å². The average Bonchev–Trinajstić information content (AvgIpc) is 3.47. The van der Waals surface area contributed by atoms with Crippen molar-refractivity contribution in [2.24, 2.45) is 0 Å². The highest BCUT2D eigenvalue weighted by Crippen LogP contribution is 2.16. The van der Waals surface area contributed by atoms with Gasteiger partial charge in [-0.3, -0.25) is 14.4 Å². The lowest BCUT2D eigenvalue weighted by molar-refractivity contribution is -0.167. The first kappa shape index (κ1) is 77.8. The Kier molecular flexibility index (Phi) is 65.8. The summed E-state index contributed by atoms with van der Waals surface area (Å²) in [6, 6.07) is 0. The summed E-state index contributed by atoms with van der Waals surface area (Å²) in [5.74, 6) is -0.902. The molecular weight excluding hydrogens is 1010 g/mol. The number of ether oxygens (including phenoxy) is 3. The Morgan fingerprint density at radius 1 is 0.256 bits per heavy atom. The molecule has 0 saturated heterocycles. The highest BCUT2D eigenvalue weighted by atomic mass is 16.6. The molecule has 0 saturated carbocycles. The lowest BCUT2D eigenvalue weighted by Crippen LogP contribution is -2.30. The molecule has 0 radical (unpaired) electrons. The second-order valence-corrected chi connectivity index (χ2v) is 22.7. The molecule has 1 unspecified atom stereocenters. The number of unbranched alkanes of at least 4 members (excludes halogenated alkanes) is 31. The van der Waals surface area contributed by atoms with Gasteiger partial charge in [-0.2, -0.15) is 0 Å². The number of hydrogen-bond acceptors (Lipinski definition) is 6. The van der Waals surface area contributed by atoms with Gasteiger partial charge >= 0.3 is 17.9 Å². The standard InChI is InChI=1S/C76H128O6/c1-4-7-10-13-16-19-22-25-28-31-33-34-35-36-37-38-39-40-41-42-43-46-48-51-54-57-60-63-66-69-75(78)81-72-73(71-80-74(77)68-65-62-59-56-53-50-47-44-30-27-24-21-18-15-12-9-6-3)82-76(79)70-67-64-61-58-55-52-49-45-32-29-26-23-20-17-14-11-8-5-2/h7,10,16,19-20,23,25,27-30,32-34,36-37,39-40,42-43,73H,4-6,8-9,11-15,17-18,21-22,24,26,31,35,38,41,44-72H2,1-3H3/b10-7-,19-16-,23-20-,28-25-,30-27-,32-29-,34-33-,37-36-,40-39-,43-42-. The summed E-state index contributed by atoms with van der Waals surface area (Å²) < 4.78 is 17.0. The van der Waals surface area contributed by atoms with Gasteiger partial charge < -0.3 is 14.2 Å². The Hall–Kier alpha value is -4.19. The van der Waals surface area contributed by atoms with Crippen LogP contribution in [0.3, 0.4) is 0 Å². The molecule has 0 spiro atoms. The molecular formula is C76H128O6. The van der Waals surface area contributed by atoms with Crippen molar-refractivity contribution in [3.05, 3.63) is 122 Å². The Balaban J connectivity index is 4.39. The number of rotatable bonds is 62. The van der Waals surface area contributed by atoms with E-state index in [0.29, 0.717) is 19.3 Å². The van der Waals surface area contributed by atoms with Gasteiger partial charge in [-0.25, -0.2) is 0 Å². The maximum absolute atomic E-state index is 12.9. The molecule has 0 aliphatic rings. The first-order valence-electron chi connectivity index (χ1n) is 34.5. The van der Waals surface area contributed by atoms with E-state index in [9.17, 15) is 14.4 Å². The molecule has 0 aliphatic heterocycles. The van der Waals surface area contributed by atoms with Crippen molar-refractivity contribution in [2.75, 3.05) is 13.2 Å². The molecule has 1 atom stereocenters. The van der Waals surface area contributed by atoms with E-state index in [0.717, 1.165) is 122 Å². The summed E-state index contributed by atoms with van der Waals surface area (Å²) in [4.78, 5) is 38.4. The van der Waals surface area contributed by atoms with Crippen LogP contribution < -0.4 is 0 Å². The molecule has 0 amide bonds. The number of carbonyl (C=O) groups is 3. The van der Waals surface area contributed by atoms with Crippen molar-refractivity contribution < 1.29 is 28.6 Å². The highest BCUT2D eigenvalue weighted by molar-refractivity contribution is 5.71. The van der Waals surface area contributed by atoms with Gasteiger partial charge in [0.25, 0.3) is 0 Å². The van der Waals surface area contributed by atoms with Gasteiger partial charge in [0.15, 0.2) is 6.10 Å². The fourth-order valence-electron chi connectivity index (χ4n) is 9.51. The van der Waals surface area contributed by atoms with E-state index < -0.39 is 6.10 Å². The van der Waals surface area contributed by atoms with Crippen LogP contribution in [0.15, 0.2) is 122 Å². The molecule has 6 nitrogen and oxygen atoms in total. The minimum Gasteiger partial charge on any atom is -0.462 e. The predicted molar refractivity (Wildman–Crippen MR) is 357 cm³/mol. The van der Waals surface area contributed by atoms with E-state index in [4.69, 9.17) is 14.2 Å². The zero-order valence-electron chi connectivity index (χ0n) is 53.7. The topological polar surface area (TPSA) is 78.9 Å². The van der Waals surface area contributed by atoms with Gasteiger partial charge in [-0.15, -0.1) is 0 Å². The molecule has 0 N–H and O–H groups in total. The van der Waals surface area contributed by atoms with Crippen LogP contribution in [0.2, 0.25) is 0 Å². The molecule has 0 aromatic heterocycles. The molecule has 0 aromatic rings. The highest BCUT2D eigenvalue weighted by Gasteiger charge is 2.19. The van der Waals surface area contributed by atoms with E-state index in [1.54, 1.807) is 0 Å². The van der Waals surface area contributed by atoms with Gasteiger partial charge in [0, 0.05) is 19.3 Å². The minimum atomic E-state index is -0.794. The van der Waals surface area contributed by atoms with E-state index in [1.807, 2.05) is 0 Å². The van der Waals surface area contributed by atoms with Crippen LogP contribution in [0.4, 0.5) is 0 Å². The molecule has 0 aromatic carbocycles. The molecule has 82 heavy (non-hydrogen) atoms. The summed E-state index contributed by atoms with van der Waals surface area (Å²) >= 11 is 0. The van der Waals surface area contributed by atoms with Crippen LogP contribution >= 0.6 is 0 Å². The third-order valence-electron chi connectivity index (χ3n) is 14.7. The van der Waals surface area contributed by atoms with Crippen molar-refractivity contribution in [1.82, 2.24) is 0 Å². The maximum atomic E-state index is 12.9. The summed E-state index contributed by atoms with van der Waals surface area (Å²) in [5.41, 5.74) is 0. The van der Waals surface area contributed by atoms with Crippen molar-refractivity contribution >= 4 is 17.9 Å². The third-order valence-corrected chi connectivity index (χ3v) is 14.7. The molecule has 0 bridgehead atoms. The Bertz CT molecular complexity index is 1690. The third kappa shape index (κ3) is 66.6. The van der Waals surface area contributed by atoms with Crippen LogP contribution in [0.1, 0.15) is 323 Å². The van der Waals surface area contributed by atoms with Gasteiger partial charge in [-0.05, 0) is 135 Å². The largest absolute Gasteiger partial charge is 0.462 e. The first-order chi connectivity index (χ1) is 40.5. The SMILES string of the molecule is CC/C=C\C/C=C\C/C=C\C/C=C\C/C=C\C/C=C\C/C=C\CCCCCCCCCC(=O)OCC(COC(=O)CCCCCCCCC/C=C\CCCCCCCC)OC(=O)CCCCCCCCC/C=C\C/C=C\CCCCCC. The fourth-order valence-corrected chi connectivity index (χ4v) is 9.51. The van der Waals surface area contributed by atoms with Crippen LogP contribution in [-0.4, -0.2) is 37.2 Å². The summed E-state index contributed by atoms with van der Waals surface area (Å²) in [7, 11) is 0. The predicted octanol–water partition coefficient (Wildman–Crippen LogP) is 23.9. The smallest absolute Gasteiger partial charge is 0.306 e. The van der Waals surface area contributed by atoms with Crippen molar-refractivity contribution in [3.63, 3.8) is 0 Å². The van der Waals surface area contributed by atoms with E-state index in [-0.39, 0.29) is 31.1 Å². The van der Waals surface area contributed by atoms with E-state index >= 15 is 0 Å². The fraction of sp³-hybridized carbons (Fsp3) is 0.697. The van der Waals surface area contributed by atoms with Gasteiger partial charge in [0.2, 0.25) is 0 Å². The lowest BCUT2D eigenvalue weighted by atomic mass is 10.1. The maximum Gasteiger partial charge on any atom is 0.306 e. The van der Waals surface area contributed by atoms with E-state index in [1.165, 1.54) is 161 Å². The number of allylic oxidation sites excluding steroid dienone is 20. The number of carbonyl (C=O) groups excluding carboxylic acids is 3. The quantitative estimate of drug-likeness (QED) is 0.0261. The Morgan fingerprint density at radius 2 is 0.476 bits per heavy atom. The molecule has 0 fully saturated rings. The first-order valence-corrected chi connectivity index (χ1v) is 34.5. The van der Waals surface area contributed by atoms with E-state index in [2.05, 4.69) is 142 Å². The number of esters is 3. The normalized spacial score (nSPS) is 12.9. The minimum absolute atomic E-state index is 0.0878. The second kappa shape index (κ2) is 69.3. The van der Waals surface area contributed by atoms with Crippen LogP contribution in [0.25, 0.3) is 0 Å². The van der Waals surface area contributed by atoms with Gasteiger partial charge in [0.05, 0.1) is 0 Å². The zero-order valence-corrected chi connectivity index (χ0v) is 53.7.